The summed E-state index contributed by atoms with van der Waals surface area (Å²) in [6.45, 7) is 0. The van der Waals surface area contributed by atoms with Crippen LogP contribution in [0.15, 0.2) is 54.6 Å². The van der Waals surface area contributed by atoms with Crippen molar-refractivity contribution in [2.24, 2.45) is 53.3 Å². The molecule has 15 rings (SSSR count). The molecule has 12 aliphatic rings. The Hall–Kier alpha value is -2.70. The van der Waals surface area contributed by atoms with Gasteiger partial charge >= 0.3 is 5.97 Å². The third-order valence-electron chi connectivity index (χ3n) is 17.7. The molecule has 0 aromatic heterocycles. The van der Waals surface area contributed by atoms with E-state index >= 15 is 4.79 Å². The molecule has 0 heterocycles. The lowest BCUT2D eigenvalue weighted by atomic mass is 9.44. The van der Waals surface area contributed by atoms with Gasteiger partial charge in [-0.05, 0) is 219 Å². The van der Waals surface area contributed by atoms with Crippen LogP contribution in [0.25, 0.3) is 10.8 Å². The first-order valence-corrected chi connectivity index (χ1v) is 23.3. The van der Waals surface area contributed by atoms with Gasteiger partial charge in [0.15, 0.2) is 0 Å². The van der Waals surface area contributed by atoms with E-state index in [-0.39, 0.29) is 21.8 Å². The Bertz CT molecular complexity index is 2010. The lowest BCUT2D eigenvalue weighted by Crippen LogP contribution is -2.52. The third-order valence-corrected chi connectivity index (χ3v) is 18.6. The number of carbonyl (C=O) groups is 1. The number of ether oxygens (including phenoxy) is 1. The number of esters is 1. The molecule has 6 heteroatoms. The summed E-state index contributed by atoms with van der Waals surface area (Å²) < 4.78 is 46.0. The molecule has 3 aromatic rings. The fourth-order valence-electron chi connectivity index (χ4n) is 17.2. The number of benzene rings is 3. The minimum atomic E-state index is -5.04. The predicted octanol–water partition coefficient (Wildman–Crippen LogP) is 10.6. The molecule has 0 spiro atoms. The fraction of sp³-hybridized carbons (Fsp3) is 0.646. The maximum absolute atomic E-state index is 15.5. The van der Waals surface area contributed by atoms with Crippen LogP contribution in [-0.4, -0.2) is 18.9 Å². The molecule has 54 heavy (non-hydrogen) atoms. The lowest BCUT2D eigenvalue weighted by Gasteiger charge is -2.60. The molecule has 12 bridgehead atoms. The van der Waals surface area contributed by atoms with Crippen molar-refractivity contribution in [2.75, 3.05) is 0 Å². The second-order valence-electron chi connectivity index (χ2n) is 21.4. The zero-order chi connectivity index (χ0) is 36.2. The summed E-state index contributed by atoms with van der Waals surface area (Å²) in [6, 6.07) is 18.0. The first-order valence-electron chi connectivity index (χ1n) is 21.8. The molecule has 0 amide bonds. The maximum Gasteiger partial charge on any atom is 0.340 e. The number of hydrogen-bond donors (Lipinski definition) is 0. The van der Waals surface area contributed by atoms with E-state index < -0.39 is 21.5 Å². The van der Waals surface area contributed by atoms with Gasteiger partial charge in [-0.2, -0.15) is 0 Å². The van der Waals surface area contributed by atoms with Crippen LogP contribution in [-0.2, 0) is 31.1 Å². The molecule has 284 valence electrons. The second kappa shape index (κ2) is 11.5. The highest BCUT2D eigenvalue weighted by molar-refractivity contribution is 7.85. The highest BCUT2D eigenvalue weighted by Crippen LogP contribution is 2.67. The van der Waals surface area contributed by atoms with Crippen molar-refractivity contribution in [1.29, 1.82) is 0 Å². The van der Waals surface area contributed by atoms with Gasteiger partial charge in [0.25, 0.3) is 0 Å². The molecule has 1 unspecified atom stereocenters. The van der Waals surface area contributed by atoms with E-state index in [0.717, 1.165) is 67.1 Å². The lowest BCUT2D eigenvalue weighted by molar-refractivity contribution is -0.0131. The number of carbonyl (C=O) groups excluding carboxylic acids is 1. The molecule has 0 aliphatic heterocycles. The zero-order valence-corrected chi connectivity index (χ0v) is 32.5. The second-order valence-corrected chi connectivity index (χ2v) is 22.8. The topological polar surface area (TPSA) is 83.5 Å². The van der Waals surface area contributed by atoms with E-state index in [9.17, 15) is 13.0 Å². The van der Waals surface area contributed by atoms with Crippen LogP contribution in [0.4, 0.5) is 0 Å². The van der Waals surface area contributed by atoms with Crippen molar-refractivity contribution in [3.63, 3.8) is 0 Å². The predicted molar refractivity (Wildman–Crippen MR) is 208 cm³/mol. The van der Waals surface area contributed by atoms with Crippen molar-refractivity contribution >= 4 is 26.9 Å². The summed E-state index contributed by atoms with van der Waals surface area (Å²) in [6.07, 6.45) is 22.6. The Balaban J connectivity index is 1.07. The molecular weight excluding hydrogens is 689 g/mol. The average Bonchev–Trinajstić information content (AvgIpc) is 3.11. The quantitative estimate of drug-likeness (QED) is 0.178. The fourth-order valence-corrected chi connectivity index (χ4v) is 17.8. The number of hydrogen-bond acceptors (Lipinski definition) is 5. The van der Waals surface area contributed by atoms with Crippen LogP contribution in [0.5, 0.6) is 0 Å². The molecule has 3 aromatic carbocycles. The third kappa shape index (κ3) is 5.09. The van der Waals surface area contributed by atoms with Gasteiger partial charge in [-0.25, -0.2) is 13.2 Å². The molecule has 12 fully saturated rings. The SMILES string of the molecule is O=C(OC(c1ccc2ccccc2c1)S(=O)(=O)[O-])c1c(C23CC4CC(CC(C4)C2)C3)cc(C23CC4CC(CC(C4)C2)C3)cc1C12CC3CC(CC(C3)C1)C2. The van der Waals surface area contributed by atoms with Crippen LogP contribution in [0.2, 0.25) is 0 Å². The van der Waals surface area contributed by atoms with Crippen LogP contribution >= 0.6 is 0 Å². The van der Waals surface area contributed by atoms with Crippen LogP contribution in [0, 0.1) is 53.3 Å². The van der Waals surface area contributed by atoms with E-state index in [1.807, 2.05) is 30.3 Å². The summed E-state index contributed by atoms with van der Waals surface area (Å²) in [5.74, 6) is 6.04. The van der Waals surface area contributed by atoms with Crippen molar-refractivity contribution in [1.82, 2.24) is 0 Å². The molecular formula is C48H55O5S-. The highest BCUT2D eigenvalue weighted by Gasteiger charge is 2.58. The highest BCUT2D eigenvalue weighted by atomic mass is 32.2. The number of fused-ring (bicyclic) bond motifs is 1. The Morgan fingerprint density at radius 1 is 0.556 bits per heavy atom. The van der Waals surface area contributed by atoms with Gasteiger partial charge in [0.05, 0.1) is 5.56 Å². The van der Waals surface area contributed by atoms with Crippen molar-refractivity contribution < 1.29 is 22.5 Å². The summed E-state index contributed by atoms with van der Waals surface area (Å²) in [5.41, 5.74) is 2.93. The Labute approximate surface area is 321 Å². The molecule has 5 nitrogen and oxygen atoms in total. The normalized spacial score (nSPS) is 42.9. The van der Waals surface area contributed by atoms with Crippen molar-refractivity contribution in [2.45, 2.75) is 137 Å². The van der Waals surface area contributed by atoms with Gasteiger partial charge in [-0.3, -0.25) is 0 Å². The zero-order valence-electron chi connectivity index (χ0n) is 31.6. The molecule has 0 saturated heterocycles. The monoisotopic (exact) mass is 743 g/mol. The largest absolute Gasteiger partial charge is 0.745 e. The summed E-state index contributed by atoms with van der Waals surface area (Å²) in [4.78, 5) is 15.5. The van der Waals surface area contributed by atoms with Gasteiger partial charge in [-0.1, -0.05) is 48.5 Å². The van der Waals surface area contributed by atoms with Crippen LogP contribution in [0.3, 0.4) is 0 Å². The van der Waals surface area contributed by atoms with Crippen LogP contribution < -0.4 is 0 Å². The Morgan fingerprint density at radius 3 is 1.35 bits per heavy atom. The van der Waals surface area contributed by atoms with Crippen molar-refractivity contribution in [3.8, 4) is 0 Å². The van der Waals surface area contributed by atoms with Gasteiger partial charge < -0.3 is 9.29 Å². The van der Waals surface area contributed by atoms with E-state index in [4.69, 9.17) is 4.74 Å². The molecule has 1 atom stereocenters. The molecule has 0 radical (unpaired) electrons. The van der Waals surface area contributed by atoms with E-state index in [1.165, 1.54) is 93.7 Å². The molecule has 0 N–H and O–H groups in total. The first-order chi connectivity index (χ1) is 26.0. The average molecular weight is 744 g/mol. The minimum absolute atomic E-state index is 0.0900. The van der Waals surface area contributed by atoms with E-state index in [0.29, 0.717) is 41.1 Å². The summed E-state index contributed by atoms with van der Waals surface area (Å²) in [7, 11) is -5.04. The molecule has 12 saturated carbocycles. The maximum atomic E-state index is 15.5. The smallest absolute Gasteiger partial charge is 0.340 e. The van der Waals surface area contributed by atoms with Crippen molar-refractivity contribution in [3.05, 3.63) is 82.4 Å². The Morgan fingerprint density at radius 2 is 0.944 bits per heavy atom. The van der Waals surface area contributed by atoms with Gasteiger partial charge in [0.1, 0.15) is 10.1 Å². The van der Waals surface area contributed by atoms with Gasteiger partial charge in [0.2, 0.25) is 5.44 Å². The summed E-state index contributed by atoms with van der Waals surface area (Å²) >= 11 is 0. The first kappa shape index (κ1) is 33.4. The number of rotatable bonds is 7. The minimum Gasteiger partial charge on any atom is -0.745 e. The van der Waals surface area contributed by atoms with Gasteiger partial charge in [-0.15, -0.1) is 0 Å². The Kier molecular flexibility index (Phi) is 7.09. The van der Waals surface area contributed by atoms with E-state index in [1.54, 1.807) is 12.1 Å². The standard InChI is InChI=1S/C48H56O5S/c49-44(53-45(54(50,51)52)39-6-5-37-3-1-2-4-38(37)16-39)43-41(47-22-31-10-32(23-47)12-33(11-31)24-47)17-40(46-19-28-7-29(20-46)9-30(8-28)21-46)18-42(43)48-25-34-13-35(26-48)15-36(14-34)27-48/h1-6,16-18,28-36,45H,7-15,19-27H2,(H,50,51,52)/p-1. The van der Waals surface area contributed by atoms with Gasteiger partial charge in [0, 0.05) is 5.56 Å². The molecule has 12 aliphatic carbocycles. The summed E-state index contributed by atoms with van der Waals surface area (Å²) in [5, 5.41) is 1.77. The van der Waals surface area contributed by atoms with Crippen LogP contribution in [0.1, 0.15) is 154 Å². The van der Waals surface area contributed by atoms with E-state index in [2.05, 4.69) is 12.1 Å².